The third-order valence-corrected chi connectivity index (χ3v) is 5.96. The minimum absolute atomic E-state index is 0.465. The molecule has 1 aromatic carbocycles. The molecule has 122 valence electrons. The van der Waals surface area contributed by atoms with Crippen LogP contribution in [0.4, 0.5) is 5.69 Å². The Morgan fingerprint density at radius 2 is 2.04 bits per heavy atom. The maximum absolute atomic E-state index is 2.67. The Morgan fingerprint density at radius 1 is 1.26 bits per heavy atom. The number of anilines is 1. The van der Waals surface area contributed by atoms with Crippen LogP contribution in [0.5, 0.6) is 0 Å². The molecule has 4 rings (SSSR count). The van der Waals surface area contributed by atoms with Gasteiger partial charge < -0.3 is 9.80 Å². The molecule has 3 aliphatic rings. The number of para-hydroxylation sites is 1. The first-order chi connectivity index (χ1) is 11.1. The molecule has 2 nitrogen and oxygen atoms in total. The van der Waals surface area contributed by atoms with Gasteiger partial charge in [0.2, 0.25) is 0 Å². The van der Waals surface area contributed by atoms with Crippen molar-refractivity contribution in [2.24, 2.45) is 0 Å². The summed E-state index contributed by atoms with van der Waals surface area (Å²) in [4.78, 5) is 5.21. The summed E-state index contributed by atoms with van der Waals surface area (Å²) in [6.07, 6.45) is 6.48. The van der Waals surface area contributed by atoms with E-state index in [1.54, 1.807) is 11.3 Å². The lowest BCUT2D eigenvalue weighted by atomic mass is 9.79. The fourth-order valence-electron chi connectivity index (χ4n) is 4.81. The molecule has 0 spiro atoms. The summed E-state index contributed by atoms with van der Waals surface area (Å²) in [6, 6.07) is 6.94. The maximum atomic E-state index is 2.67. The molecule has 0 amide bonds. The van der Waals surface area contributed by atoms with Crippen LogP contribution >= 0.6 is 0 Å². The summed E-state index contributed by atoms with van der Waals surface area (Å²) >= 11 is 0. The van der Waals surface area contributed by atoms with Crippen LogP contribution in [-0.4, -0.2) is 18.1 Å². The highest BCUT2D eigenvalue weighted by Gasteiger charge is 2.44. The molecule has 2 unspecified atom stereocenters. The first-order valence-corrected chi connectivity index (χ1v) is 9.14. The van der Waals surface area contributed by atoms with Crippen molar-refractivity contribution in [3.8, 4) is 0 Å². The zero-order chi connectivity index (χ0) is 16.3. The first kappa shape index (κ1) is 14.9. The average Bonchev–Trinajstić information content (AvgIpc) is 2.85. The van der Waals surface area contributed by atoms with Gasteiger partial charge in [-0.3, -0.25) is 0 Å². The first-order valence-electron chi connectivity index (χ1n) is 9.14. The Morgan fingerprint density at radius 3 is 2.74 bits per heavy atom. The summed E-state index contributed by atoms with van der Waals surface area (Å²) in [5.74, 6) is 1.06. The van der Waals surface area contributed by atoms with E-state index in [0.717, 1.165) is 6.42 Å². The molecular formula is C21H28N2. The predicted octanol–water partition coefficient (Wildman–Crippen LogP) is 5.35. The standard InChI is InChI=1S/C21H28N2/c1-6-19-22(5)18-12-8-11-17-14(4)16-10-7-9-15(13(2)3)20(16)23(19)21(17)18/h7,9-11,13-14,19H,6,8,12H2,1-5H3. The lowest BCUT2D eigenvalue weighted by Crippen LogP contribution is -2.41. The van der Waals surface area contributed by atoms with Gasteiger partial charge in [0.25, 0.3) is 0 Å². The monoisotopic (exact) mass is 308 g/mol. The van der Waals surface area contributed by atoms with E-state index in [2.05, 4.69) is 68.8 Å². The van der Waals surface area contributed by atoms with Crippen LogP contribution in [0.1, 0.15) is 69.9 Å². The minimum Gasteiger partial charge on any atom is -0.356 e. The van der Waals surface area contributed by atoms with E-state index in [9.17, 15) is 0 Å². The number of hydrogen-bond acceptors (Lipinski definition) is 2. The molecule has 23 heavy (non-hydrogen) atoms. The number of benzene rings is 1. The number of fused-ring (bicyclic) bond motifs is 2. The van der Waals surface area contributed by atoms with Gasteiger partial charge in [-0.05, 0) is 41.9 Å². The predicted molar refractivity (Wildman–Crippen MR) is 97.6 cm³/mol. The van der Waals surface area contributed by atoms with Gasteiger partial charge >= 0.3 is 0 Å². The van der Waals surface area contributed by atoms with Crippen LogP contribution in [0.2, 0.25) is 0 Å². The Bertz CT molecular complexity index is 711. The Hall–Kier alpha value is -1.70. The Kier molecular flexibility index (Phi) is 3.33. The van der Waals surface area contributed by atoms with Crippen molar-refractivity contribution in [2.75, 3.05) is 11.9 Å². The van der Waals surface area contributed by atoms with Gasteiger partial charge in [-0.1, -0.05) is 52.0 Å². The van der Waals surface area contributed by atoms with E-state index >= 15 is 0 Å². The molecule has 0 radical (unpaired) electrons. The lowest BCUT2D eigenvalue weighted by Gasteiger charge is -2.41. The molecular weight excluding hydrogens is 280 g/mol. The van der Waals surface area contributed by atoms with Gasteiger partial charge in [0, 0.05) is 18.7 Å². The number of allylic oxidation sites excluding steroid dienone is 3. The van der Waals surface area contributed by atoms with E-state index < -0.39 is 0 Å². The van der Waals surface area contributed by atoms with Crippen LogP contribution in [0, 0.1) is 0 Å². The van der Waals surface area contributed by atoms with Crippen LogP contribution < -0.4 is 4.90 Å². The van der Waals surface area contributed by atoms with Crippen molar-refractivity contribution >= 4 is 5.69 Å². The Labute approximate surface area is 140 Å². The molecule has 0 saturated heterocycles. The number of nitrogens with zero attached hydrogens (tertiary/aromatic N) is 2. The van der Waals surface area contributed by atoms with E-state index in [1.807, 2.05) is 0 Å². The molecule has 0 aromatic heterocycles. The number of hydrogen-bond donors (Lipinski definition) is 0. The fourth-order valence-corrected chi connectivity index (χ4v) is 4.81. The fraction of sp³-hybridized carbons (Fsp3) is 0.524. The summed E-state index contributed by atoms with van der Waals surface area (Å²) < 4.78 is 0. The largest absolute Gasteiger partial charge is 0.356 e. The third-order valence-electron chi connectivity index (χ3n) is 5.96. The van der Waals surface area contributed by atoms with Gasteiger partial charge in [0.15, 0.2) is 0 Å². The molecule has 2 heteroatoms. The van der Waals surface area contributed by atoms with Crippen LogP contribution in [0.15, 0.2) is 41.2 Å². The summed E-state index contributed by atoms with van der Waals surface area (Å²) in [6.45, 7) is 9.35. The molecule has 1 aliphatic carbocycles. The zero-order valence-corrected chi connectivity index (χ0v) is 15.1. The van der Waals surface area contributed by atoms with Crippen molar-refractivity contribution in [2.45, 2.75) is 65.0 Å². The van der Waals surface area contributed by atoms with Gasteiger partial charge in [-0.2, -0.15) is 0 Å². The van der Waals surface area contributed by atoms with E-state index in [0.29, 0.717) is 18.0 Å². The van der Waals surface area contributed by atoms with Gasteiger partial charge in [-0.25, -0.2) is 0 Å². The highest BCUT2D eigenvalue weighted by molar-refractivity contribution is 5.76. The third kappa shape index (κ3) is 1.87. The van der Waals surface area contributed by atoms with E-state index in [4.69, 9.17) is 0 Å². The Balaban J connectivity index is 2.02. The van der Waals surface area contributed by atoms with Crippen molar-refractivity contribution in [3.05, 3.63) is 52.4 Å². The molecule has 0 bridgehead atoms. The molecule has 0 N–H and O–H groups in total. The topological polar surface area (TPSA) is 6.48 Å². The normalized spacial score (nSPS) is 25.7. The number of rotatable bonds is 2. The molecule has 0 saturated carbocycles. The van der Waals surface area contributed by atoms with Crippen molar-refractivity contribution in [1.29, 1.82) is 0 Å². The van der Waals surface area contributed by atoms with E-state index in [1.165, 1.54) is 35.4 Å². The minimum atomic E-state index is 0.465. The second-order valence-electron chi connectivity index (χ2n) is 7.52. The summed E-state index contributed by atoms with van der Waals surface area (Å²) in [5.41, 5.74) is 9.16. The van der Waals surface area contributed by atoms with E-state index in [-0.39, 0.29) is 0 Å². The van der Waals surface area contributed by atoms with Crippen LogP contribution in [-0.2, 0) is 0 Å². The SMILES string of the molecule is CCC1N(C)C2=C3C(=CCC2)C(C)c2cccc(C(C)C)c2N31. The van der Waals surface area contributed by atoms with Crippen molar-refractivity contribution < 1.29 is 0 Å². The van der Waals surface area contributed by atoms with Crippen LogP contribution in [0.3, 0.4) is 0 Å². The second kappa shape index (κ2) is 5.15. The molecule has 2 heterocycles. The highest BCUT2D eigenvalue weighted by atomic mass is 15.4. The molecule has 2 aliphatic heterocycles. The quantitative estimate of drug-likeness (QED) is 0.727. The van der Waals surface area contributed by atoms with Crippen molar-refractivity contribution in [1.82, 2.24) is 4.90 Å². The molecule has 0 fully saturated rings. The maximum Gasteiger partial charge on any atom is 0.106 e. The zero-order valence-electron chi connectivity index (χ0n) is 15.1. The van der Waals surface area contributed by atoms with Gasteiger partial charge in [0.05, 0.1) is 11.4 Å². The second-order valence-corrected chi connectivity index (χ2v) is 7.52. The van der Waals surface area contributed by atoms with Gasteiger partial charge in [0.1, 0.15) is 6.17 Å². The molecule has 2 atom stereocenters. The van der Waals surface area contributed by atoms with Gasteiger partial charge in [-0.15, -0.1) is 0 Å². The summed E-state index contributed by atoms with van der Waals surface area (Å²) in [5, 5.41) is 0. The smallest absolute Gasteiger partial charge is 0.106 e. The average molecular weight is 308 g/mol. The van der Waals surface area contributed by atoms with Crippen LogP contribution in [0.25, 0.3) is 0 Å². The van der Waals surface area contributed by atoms with Crippen molar-refractivity contribution in [3.63, 3.8) is 0 Å². The summed E-state index contributed by atoms with van der Waals surface area (Å²) in [7, 11) is 2.29. The lowest BCUT2D eigenvalue weighted by molar-refractivity contribution is 0.317. The molecule has 1 aromatic rings. The highest BCUT2D eigenvalue weighted by Crippen LogP contribution is 2.54.